The molecule has 0 N–H and O–H groups in total. The van der Waals surface area contributed by atoms with Crippen LogP contribution in [-0.2, 0) is 4.74 Å². The summed E-state index contributed by atoms with van der Waals surface area (Å²) in [5.74, 6) is 0. The van der Waals surface area contributed by atoms with Gasteiger partial charge < -0.3 is 0 Å². The van der Waals surface area contributed by atoms with E-state index in [-0.39, 0.29) is 0 Å². The van der Waals surface area contributed by atoms with Crippen LogP contribution in [0.4, 0.5) is 0 Å². The van der Waals surface area contributed by atoms with Crippen LogP contribution in [0.3, 0.4) is 0 Å². The van der Waals surface area contributed by atoms with E-state index >= 15 is 0 Å². The maximum atomic E-state index is 4.85. The molecular weight excluding hydrogens is 267 g/mol. The van der Waals surface area contributed by atoms with E-state index in [0.717, 1.165) is 0 Å². The predicted molar refractivity (Wildman–Crippen MR) is 62.5 cm³/mol. The number of rotatable bonds is 6. The van der Waals surface area contributed by atoms with Crippen LogP contribution >= 0.6 is 0 Å². The van der Waals surface area contributed by atoms with Gasteiger partial charge in [-0.3, -0.25) is 0 Å². The molecular formula is C11H22OSn. The van der Waals surface area contributed by atoms with Crippen molar-refractivity contribution >= 4 is 18.4 Å². The van der Waals surface area contributed by atoms with Crippen LogP contribution < -0.4 is 0 Å². The summed E-state index contributed by atoms with van der Waals surface area (Å²) in [5.41, 5.74) is 0. The number of allylic oxidation sites excluding steroid dienone is 2. The van der Waals surface area contributed by atoms with Gasteiger partial charge >= 0.3 is 86.8 Å². The van der Waals surface area contributed by atoms with Gasteiger partial charge in [0.05, 0.1) is 0 Å². The summed E-state index contributed by atoms with van der Waals surface area (Å²) in [6.07, 6.45) is 5.90. The van der Waals surface area contributed by atoms with Crippen molar-refractivity contribution in [3.63, 3.8) is 0 Å². The van der Waals surface area contributed by atoms with Gasteiger partial charge in [-0.1, -0.05) is 0 Å². The van der Waals surface area contributed by atoms with Gasteiger partial charge in [0.2, 0.25) is 0 Å². The van der Waals surface area contributed by atoms with E-state index < -0.39 is 18.4 Å². The molecule has 76 valence electrons. The molecule has 1 nitrogen and oxygen atoms in total. The van der Waals surface area contributed by atoms with Crippen LogP contribution in [0.5, 0.6) is 0 Å². The zero-order valence-electron chi connectivity index (χ0n) is 9.34. The quantitative estimate of drug-likeness (QED) is 0.411. The molecule has 0 fully saturated rings. The third kappa shape index (κ3) is 4.75. The second-order valence-corrected chi connectivity index (χ2v) is 18.1. The number of ether oxygens (including phenoxy) is 1. The SMILES string of the molecule is C[CH2][Sn](/[CH]=C/C=C/OC)([CH2]C)[CH2]C. The van der Waals surface area contributed by atoms with Crippen molar-refractivity contribution in [2.24, 2.45) is 0 Å². The first kappa shape index (κ1) is 13.1. The zero-order valence-corrected chi connectivity index (χ0v) is 12.2. The molecule has 0 amide bonds. The molecule has 0 rings (SSSR count). The Hall–Kier alpha value is 0.0787. The standard InChI is InChI=1S/C5H7O.3C2H5.Sn/c1-3-4-5-6-2;3*1-2;/h1,3-5H,2H3;3*1H2,2H3;/b3-1?,5-4+;;;;. The Bertz CT molecular complexity index is 161. The minimum absolute atomic E-state index is 1.42. The van der Waals surface area contributed by atoms with Crippen LogP contribution in [-0.4, -0.2) is 25.5 Å². The van der Waals surface area contributed by atoms with Crippen LogP contribution in [0.1, 0.15) is 20.8 Å². The van der Waals surface area contributed by atoms with Gasteiger partial charge in [0, 0.05) is 0 Å². The van der Waals surface area contributed by atoms with E-state index in [1.165, 1.54) is 13.3 Å². The fourth-order valence-corrected chi connectivity index (χ4v) is 9.27. The van der Waals surface area contributed by atoms with Crippen molar-refractivity contribution < 1.29 is 4.74 Å². The summed E-state index contributed by atoms with van der Waals surface area (Å²) >= 11 is -1.79. The second kappa shape index (κ2) is 7.48. The normalized spacial score (nSPS) is 12.9. The third-order valence-corrected chi connectivity index (χ3v) is 17.5. The van der Waals surface area contributed by atoms with E-state index in [0.29, 0.717) is 0 Å². The first-order valence-corrected chi connectivity index (χ1v) is 12.8. The monoisotopic (exact) mass is 290 g/mol. The molecule has 0 saturated heterocycles. The molecule has 0 aliphatic carbocycles. The van der Waals surface area contributed by atoms with E-state index in [9.17, 15) is 0 Å². The summed E-state index contributed by atoms with van der Waals surface area (Å²) < 4.78 is 11.6. The van der Waals surface area contributed by atoms with Crippen molar-refractivity contribution in [1.29, 1.82) is 0 Å². The van der Waals surface area contributed by atoms with Crippen molar-refractivity contribution in [1.82, 2.24) is 0 Å². The van der Waals surface area contributed by atoms with E-state index in [4.69, 9.17) is 4.74 Å². The molecule has 0 aromatic heterocycles. The number of hydrogen-bond donors (Lipinski definition) is 0. The van der Waals surface area contributed by atoms with Crippen LogP contribution in [0, 0.1) is 0 Å². The molecule has 0 aromatic rings. The van der Waals surface area contributed by atoms with Gasteiger partial charge in [-0.15, -0.1) is 0 Å². The fraction of sp³-hybridized carbons (Fsp3) is 0.636. The van der Waals surface area contributed by atoms with E-state index in [1.54, 1.807) is 13.4 Å². The Kier molecular flexibility index (Phi) is 7.52. The number of methoxy groups -OCH3 is 1. The summed E-state index contributed by atoms with van der Waals surface area (Å²) in [4.78, 5) is 0. The van der Waals surface area contributed by atoms with Crippen LogP contribution in [0.25, 0.3) is 0 Å². The predicted octanol–water partition coefficient (Wildman–Crippen LogP) is 3.75. The average Bonchev–Trinajstić information content (AvgIpc) is 2.20. The first-order chi connectivity index (χ1) is 6.24. The molecule has 0 heterocycles. The molecule has 13 heavy (non-hydrogen) atoms. The molecule has 2 heteroatoms. The second-order valence-electron chi connectivity index (χ2n) is 3.35. The van der Waals surface area contributed by atoms with Crippen LogP contribution in [0.15, 0.2) is 22.5 Å². The Morgan fingerprint density at radius 1 is 1.00 bits per heavy atom. The summed E-state index contributed by atoms with van der Waals surface area (Å²) in [6.45, 7) is 7.02. The van der Waals surface area contributed by atoms with Gasteiger partial charge in [0.15, 0.2) is 0 Å². The third-order valence-electron chi connectivity index (χ3n) is 2.89. The van der Waals surface area contributed by atoms with Gasteiger partial charge in [-0.25, -0.2) is 0 Å². The van der Waals surface area contributed by atoms with Crippen molar-refractivity contribution in [2.75, 3.05) is 7.11 Å². The molecule has 0 aliphatic heterocycles. The Morgan fingerprint density at radius 2 is 1.54 bits per heavy atom. The Balaban J connectivity index is 4.23. The van der Waals surface area contributed by atoms with E-state index in [1.807, 2.05) is 6.08 Å². The van der Waals surface area contributed by atoms with Gasteiger partial charge in [0.1, 0.15) is 0 Å². The Morgan fingerprint density at radius 3 is 1.92 bits per heavy atom. The zero-order chi connectivity index (χ0) is 10.2. The summed E-state index contributed by atoms with van der Waals surface area (Å²) in [5, 5.41) is 0. The molecule has 0 radical (unpaired) electrons. The van der Waals surface area contributed by atoms with Gasteiger partial charge in [-0.05, 0) is 0 Å². The maximum absolute atomic E-state index is 4.85. The van der Waals surface area contributed by atoms with Gasteiger partial charge in [0.25, 0.3) is 0 Å². The van der Waals surface area contributed by atoms with Crippen LogP contribution in [0.2, 0.25) is 13.3 Å². The number of hydrogen-bond acceptors (Lipinski definition) is 1. The van der Waals surface area contributed by atoms with Crippen molar-refractivity contribution in [3.8, 4) is 0 Å². The first-order valence-electron chi connectivity index (χ1n) is 5.11. The molecule has 0 aliphatic rings. The van der Waals surface area contributed by atoms with Crippen molar-refractivity contribution in [3.05, 3.63) is 22.5 Å². The molecule has 0 unspecified atom stereocenters. The van der Waals surface area contributed by atoms with Gasteiger partial charge in [-0.2, -0.15) is 0 Å². The topological polar surface area (TPSA) is 9.23 Å². The minimum atomic E-state index is -1.79. The molecule has 0 saturated carbocycles. The molecule has 0 bridgehead atoms. The molecule has 0 aromatic carbocycles. The van der Waals surface area contributed by atoms with E-state index in [2.05, 4.69) is 30.9 Å². The molecule has 0 atom stereocenters. The Labute approximate surface area is 86.7 Å². The fourth-order valence-electron chi connectivity index (χ4n) is 1.49. The molecule has 0 spiro atoms. The summed E-state index contributed by atoms with van der Waals surface area (Å²) in [7, 11) is 1.68. The average molecular weight is 289 g/mol. The van der Waals surface area contributed by atoms with Crippen molar-refractivity contribution in [2.45, 2.75) is 34.1 Å². The summed E-state index contributed by atoms with van der Waals surface area (Å²) in [6, 6.07) is 0.